The zero-order valence-corrected chi connectivity index (χ0v) is 5.22. The van der Waals surface area contributed by atoms with Crippen LogP contribution in [0.3, 0.4) is 0 Å². The molecule has 1 rings (SSSR count). The molecule has 0 amide bonds. The summed E-state index contributed by atoms with van der Waals surface area (Å²) in [6.45, 7) is -0.0984. The smallest absolute Gasteiger partial charge is 0.239 e. The van der Waals surface area contributed by atoms with Crippen LogP contribution in [0.1, 0.15) is 0 Å². The van der Waals surface area contributed by atoms with Gasteiger partial charge in [0, 0.05) is 0 Å². The minimum absolute atomic E-state index is 0.0394. The minimum atomic E-state index is -3.59. The van der Waals surface area contributed by atoms with E-state index in [1.165, 1.54) is 0 Å². The van der Waals surface area contributed by atoms with Gasteiger partial charge in [-0.2, -0.15) is 4.89 Å². The Morgan fingerprint density at radius 3 is 2.56 bits per heavy atom. The Labute approximate surface area is 52.0 Å². The molecule has 0 saturated heterocycles. The van der Waals surface area contributed by atoms with Gasteiger partial charge in [-0.15, -0.1) is 0 Å². The first-order valence-corrected chi connectivity index (χ1v) is 3.65. The third-order valence-electron chi connectivity index (χ3n) is 0.814. The number of rotatable bonds is 1. The third kappa shape index (κ3) is 1.41. The van der Waals surface area contributed by atoms with E-state index in [1.807, 2.05) is 0 Å². The summed E-state index contributed by atoms with van der Waals surface area (Å²) in [7, 11) is -3.59. The van der Waals surface area contributed by atoms with Gasteiger partial charge < -0.3 is 4.89 Å². The summed E-state index contributed by atoms with van der Waals surface area (Å²) in [5.41, 5.74) is 0. The highest BCUT2D eigenvalue weighted by molar-refractivity contribution is 7.93. The molecule has 1 aliphatic heterocycles. The Bertz CT molecular complexity index is 228. The van der Waals surface area contributed by atoms with Crippen LogP contribution >= 0.6 is 0 Å². The van der Waals surface area contributed by atoms with Crippen molar-refractivity contribution in [1.29, 1.82) is 0 Å². The lowest BCUT2D eigenvalue weighted by Gasteiger charge is -1.89. The summed E-state index contributed by atoms with van der Waals surface area (Å²) in [5.74, 6) is 0. The van der Waals surface area contributed by atoms with E-state index in [2.05, 4.69) is 14.9 Å². The molecule has 0 aromatic carbocycles. The highest BCUT2D eigenvalue weighted by Gasteiger charge is 2.17. The number of nitrogens with two attached hydrogens (primary N) is 1. The van der Waals surface area contributed by atoms with Crippen LogP contribution in [0, 0.1) is 0 Å². The van der Waals surface area contributed by atoms with Gasteiger partial charge in [0.05, 0.1) is 0 Å². The van der Waals surface area contributed by atoms with E-state index in [1.54, 1.807) is 0 Å². The normalized spacial score (nSPS) is 19.0. The van der Waals surface area contributed by atoms with Gasteiger partial charge in [-0.1, -0.05) is 0 Å². The molecular weight excluding hydrogens is 146 g/mol. The summed E-state index contributed by atoms with van der Waals surface area (Å²) in [4.78, 5) is 8.35. The fourth-order valence-corrected chi connectivity index (χ4v) is 0.749. The summed E-state index contributed by atoms with van der Waals surface area (Å²) < 4.78 is 20.8. The lowest BCUT2D eigenvalue weighted by molar-refractivity contribution is -0.221. The molecule has 1 aliphatic rings. The zero-order valence-electron chi connectivity index (χ0n) is 4.40. The highest BCUT2D eigenvalue weighted by Crippen LogP contribution is 2.08. The van der Waals surface area contributed by atoms with Gasteiger partial charge >= 0.3 is 0 Å². The summed E-state index contributed by atoms with van der Waals surface area (Å²) in [5, 5.41) is 4.68. The van der Waals surface area contributed by atoms with Crippen LogP contribution < -0.4 is 5.14 Å². The Morgan fingerprint density at radius 1 is 1.67 bits per heavy atom. The molecule has 0 aliphatic carbocycles. The lowest BCUT2D eigenvalue weighted by Crippen LogP contribution is -2.15. The number of hydrogen-bond donors (Lipinski definition) is 1. The van der Waals surface area contributed by atoms with Crippen molar-refractivity contribution in [1.82, 2.24) is 0 Å². The SMILES string of the molecule is NS(=O)(=O)C1=COOC1. The molecule has 0 aromatic heterocycles. The zero-order chi connectivity index (χ0) is 6.91. The Morgan fingerprint density at radius 2 is 2.33 bits per heavy atom. The second kappa shape index (κ2) is 1.98. The summed E-state index contributed by atoms with van der Waals surface area (Å²) in [6, 6.07) is 0. The van der Waals surface area contributed by atoms with E-state index < -0.39 is 10.0 Å². The average Bonchev–Trinajstić information content (AvgIpc) is 2.08. The fourth-order valence-electron chi connectivity index (χ4n) is 0.363. The Hall–Kier alpha value is -0.590. The predicted molar refractivity (Wildman–Crippen MR) is 28.2 cm³/mol. The number of hydrogen-bond acceptors (Lipinski definition) is 4. The van der Waals surface area contributed by atoms with E-state index in [-0.39, 0.29) is 11.5 Å². The van der Waals surface area contributed by atoms with Crippen molar-refractivity contribution in [3.05, 3.63) is 11.2 Å². The van der Waals surface area contributed by atoms with Crippen LogP contribution in [-0.4, -0.2) is 15.0 Å². The Kier molecular flexibility index (Phi) is 1.43. The fraction of sp³-hybridized carbons (Fsp3) is 0.333. The molecule has 0 atom stereocenters. The van der Waals surface area contributed by atoms with Crippen molar-refractivity contribution in [2.24, 2.45) is 5.14 Å². The molecule has 0 saturated carbocycles. The molecular formula is C3H5NO4S. The first-order chi connectivity index (χ1) is 4.11. The van der Waals surface area contributed by atoms with Crippen LogP contribution in [0.25, 0.3) is 0 Å². The van der Waals surface area contributed by atoms with E-state index in [0.717, 1.165) is 6.26 Å². The van der Waals surface area contributed by atoms with Crippen LogP contribution in [0.15, 0.2) is 11.2 Å². The topological polar surface area (TPSA) is 78.6 Å². The van der Waals surface area contributed by atoms with Gasteiger partial charge in [-0.25, -0.2) is 13.6 Å². The van der Waals surface area contributed by atoms with Gasteiger partial charge in [0.1, 0.15) is 17.8 Å². The second-order valence-electron chi connectivity index (χ2n) is 1.49. The monoisotopic (exact) mass is 151 g/mol. The Balaban J connectivity index is 2.87. The molecule has 5 nitrogen and oxygen atoms in total. The molecule has 6 heteroatoms. The molecule has 0 spiro atoms. The first-order valence-electron chi connectivity index (χ1n) is 2.11. The maximum absolute atomic E-state index is 10.4. The molecule has 0 radical (unpaired) electrons. The largest absolute Gasteiger partial charge is 0.344 e. The molecule has 0 aromatic rings. The molecule has 52 valence electrons. The van der Waals surface area contributed by atoms with Gasteiger partial charge in [-0.3, -0.25) is 0 Å². The van der Waals surface area contributed by atoms with Crippen molar-refractivity contribution in [2.75, 3.05) is 6.61 Å². The van der Waals surface area contributed by atoms with E-state index in [9.17, 15) is 8.42 Å². The summed E-state index contributed by atoms with van der Waals surface area (Å²) in [6.07, 6.45) is 0.968. The molecule has 0 fully saturated rings. The lowest BCUT2D eigenvalue weighted by atomic mass is 10.7. The van der Waals surface area contributed by atoms with Gasteiger partial charge in [-0.05, 0) is 0 Å². The molecule has 2 N–H and O–H groups in total. The van der Waals surface area contributed by atoms with Crippen LogP contribution in [0.5, 0.6) is 0 Å². The first kappa shape index (κ1) is 6.53. The van der Waals surface area contributed by atoms with E-state index in [0.29, 0.717) is 0 Å². The number of sulfonamides is 1. The van der Waals surface area contributed by atoms with Crippen molar-refractivity contribution in [3.63, 3.8) is 0 Å². The van der Waals surface area contributed by atoms with E-state index in [4.69, 9.17) is 0 Å². The molecule has 0 unspecified atom stereocenters. The van der Waals surface area contributed by atoms with Gasteiger partial charge in [0.25, 0.3) is 0 Å². The average molecular weight is 151 g/mol. The molecule has 0 bridgehead atoms. The third-order valence-corrected chi connectivity index (χ3v) is 1.76. The number of primary sulfonamides is 1. The molecule has 1 heterocycles. The highest BCUT2D eigenvalue weighted by atomic mass is 32.2. The van der Waals surface area contributed by atoms with Crippen molar-refractivity contribution in [2.45, 2.75) is 0 Å². The van der Waals surface area contributed by atoms with Crippen LogP contribution in [0.4, 0.5) is 0 Å². The predicted octanol–water partition coefficient (Wildman–Crippen LogP) is -0.922. The van der Waals surface area contributed by atoms with Crippen LogP contribution in [-0.2, 0) is 19.8 Å². The van der Waals surface area contributed by atoms with Crippen molar-refractivity contribution < 1.29 is 18.2 Å². The van der Waals surface area contributed by atoms with Crippen molar-refractivity contribution >= 4 is 10.0 Å². The maximum Gasteiger partial charge on any atom is 0.239 e. The van der Waals surface area contributed by atoms with E-state index >= 15 is 0 Å². The quantitative estimate of drug-likeness (QED) is 0.491. The van der Waals surface area contributed by atoms with Gasteiger partial charge in [0.15, 0.2) is 0 Å². The minimum Gasteiger partial charge on any atom is -0.344 e. The summed E-state index contributed by atoms with van der Waals surface area (Å²) >= 11 is 0. The molecule has 9 heavy (non-hydrogen) atoms. The standard InChI is InChI=1S/C3H5NO4S/c4-9(5,6)3-1-7-8-2-3/h1H,2H2,(H2,4,5,6). The van der Waals surface area contributed by atoms with Gasteiger partial charge in [0.2, 0.25) is 10.0 Å². The maximum atomic E-state index is 10.4. The second-order valence-corrected chi connectivity index (χ2v) is 3.10. The van der Waals surface area contributed by atoms with Crippen LogP contribution in [0.2, 0.25) is 0 Å². The van der Waals surface area contributed by atoms with Crippen molar-refractivity contribution in [3.8, 4) is 0 Å².